The van der Waals surface area contributed by atoms with E-state index in [9.17, 15) is 4.79 Å². The molecule has 0 aromatic heterocycles. The second kappa shape index (κ2) is 6.75. The molecule has 3 aliphatic rings. The fraction of sp³-hybridized carbons (Fsp3) is 0.682. The highest BCUT2D eigenvalue weighted by Crippen LogP contribution is 2.43. The molecule has 0 N–H and O–H groups in total. The van der Waals surface area contributed by atoms with Crippen molar-refractivity contribution in [2.75, 3.05) is 20.1 Å². The number of rotatable bonds is 3. The lowest BCUT2D eigenvalue weighted by molar-refractivity contribution is -0.946. The van der Waals surface area contributed by atoms with Crippen molar-refractivity contribution < 1.29 is 14.0 Å². The lowest BCUT2D eigenvalue weighted by atomic mass is 9.78. The molecule has 1 aromatic carbocycles. The van der Waals surface area contributed by atoms with Gasteiger partial charge in [-0.05, 0) is 37.7 Å². The number of carbonyl (C=O) groups is 1. The number of hydrogen-bond acceptors (Lipinski definition) is 2. The van der Waals surface area contributed by atoms with E-state index >= 15 is 0 Å². The van der Waals surface area contributed by atoms with E-state index < -0.39 is 5.41 Å². The average Bonchev–Trinajstić information content (AvgIpc) is 3.13. The molecule has 25 heavy (non-hydrogen) atoms. The van der Waals surface area contributed by atoms with E-state index in [-0.39, 0.29) is 12.1 Å². The van der Waals surface area contributed by atoms with Crippen LogP contribution in [0.1, 0.15) is 63.4 Å². The van der Waals surface area contributed by atoms with Crippen molar-refractivity contribution in [3.8, 4) is 0 Å². The van der Waals surface area contributed by atoms with Gasteiger partial charge in [-0.2, -0.15) is 0 Å². The summed E-state index contributed by atoms with van der Waals surface area (Å²) >= 11 is 0. The highest BCUT2D eigenvalue weighted by atomic mass is 16.5. The van der Waals surface area contributed by atoms with Gasteiger partial charge in [0.25, 0.3) is 0 Å². The van der Waals surface area contributed by atoms with Crippen LogP contribution in [0.2, 0.25) is 0 Å². The Morgan fingerprint density at radius 1 is 1.00 bits per heavy atom. The van der Waals surface area contributed by atoms with Gasteiger partial charge in [-0.15, -0.1) is 0 Å². The number of benzene rings is 1. The topological polar surface area (TPSA) is 26.3 Å². The minimum atomic E-state index is -0.392. The SMILES string of the molecule is C[N+]12CCCC[C@@H]1[C@@H](OC(=O)C1(c3ccccc3)CCCC1)CCC2. The molecule has 0 bridgehead atoms. The molecule has 136 valence electrons. The van der Waals surface area contributed by atoms with Crippen LogP contribution in [0.5, 0.6) is 0 Å². The molecule has 0 spiro atoms. The van der Waals surface area contributed by atoms with Crippen LogP contribution in [0.15, 0.2) is 30.3 Å². The summed E-state index contributed by atoms with van der Waals surface area (Å²) in [7, 11) is 2.38. The first-order valence-electron chi connectivity index (χ1n) is 10.2. The van der Waals surface area contributed by atoms with Crippen molar-refractivity contribution in [3.05, 3.63) is 35.9 Å². The molecule has 3 fully saturated rings. The monoisotopic (exact) mass is 342 g/mol. The van der Waals surface area contributed by atoms with Crippen molar-refractivity contribution in [2.45, 2.75) is 75.3 Å². The number of quaternary nitrogens is 1. The minimum absolute atomic E-state index is 0.0558. The molecule has 0 amide bonds. The molecule has 0 radical (unpaired) electrons. The van der Waals surface area contributed by atoms with E-state index in [4.69, 9.17) is 4.74 Å². The van der Waals surface area contributed by atoms with Crippen molar-refractivity contribution >= 4 is 5.97 Å². The molecule has 3 atom stereocenters. The van der Waals surface area contributed by atoms with Gasteiger partial charge in [-0.3, -0.25) is 4.79 Å². The smallest absolute Gasteiger partial charge is 0.317 e. The van der Waals surface area contributed by atoms with Crippen LogP contribution < -0.4 is 0 Å². The first-order valence-corrected chi connectivity index (χ1v) is 10.2. The summed E-state index contributed by atoms with van der Waals surface area (Å²) in [6, 6.07) is 10.9. The maximum absolute atomic E-state index is 13.4. The summed E-state index contributed by atoms with van der Waals surface area (Å²) in [5.74, 6) is 0.0558. The highest BCUT2D eigenvalue weighted by Gasteiger charge is 2.49. The molecule has 1 unspecified atom stereocenters. The number of fused-ring (bicyclic) bond motifs is 1. The second-order valence-electron chi connectivity index (χ2n) is 8.73. The molecule has 4 rings (SSSR count). The van der Waals surface area contributed by atoms with Crippen LogP contribution >= 0.6 is 0 Å². The maximum atomic E-state index is 13.4. The van der Waals surface area contributed by atoms with E-state index in [1.807, 2.05) is 6.07 Å². The van der Waals surface area contributed by atoms with Crippen molar-refractivity contribution in [1.82, 2.24) is 0 Å². The van der Waals surface area contributed by atoms with E-state index in [2.05, 4.69) is 31.3 Å². The van der Waals surface area contributed by atoms with Crippen LogP contribution in [0.3, 0.4) is 0 Å². The normalized spacial score (nSPS) is 34.3. The predicted octanol–water partition coefficient (Wildman–Crippen LogP) is 4.20. The van der Waals surface area contributed by atoms with Gasteiger partial charge in [0.2, 0.25) is 0 Å². The Bertz CT molecular complexity index is 604. The molecular weight excluding hydrogens is 310 g/mol. The summed E-state index contributed by atoms with van der Waals surface area (Å²) in [6.07, 6.45) is 10.3. The summed E-state index contributed by atoms with van der Waals surface area (Å²) in [4.78, 5) is 13.4. The van der Waals surface area contributed by atoms with Crippen LogP contribution in [-0.4, -0.2) is 42.7 Å². The van der Waals surface area contributed by atoms with Crippen LogP contribution in [0.4, 0.5) is 0 Å². The van der Waals surface area contributed by atoms with Gasteiger partial charge in [0.1, 0.15) is 6.04 Å². The fourth-order valence-electron chi connectivity index (χ4n) is 5.75. The van der Waals surface area contributed by atoms with E-state index in [0.29, 0.717) is 6.04 Å². The molecule has 3 nitrogen and oxygen atoms in total. The Labute approximate surface area is 151 Å². The fourth-order valence-corrected chi connectivity index (χ4v) is 5.75. The zero-order valence-corrected chi connectivity index (χ0v) is 15.6. The van der Waals surface area contributed by atoms with E-state index in [1.165, 1.54) is 38.8 Å². The van der Waals surface area contributed by atoms with Gasteiger partial charge in [0.05, 0.1) is 25.6 Å². The van der Waals surface area contributed by atoms with E-state index in [0.717, 1.165) is 42.2 Å². The number of hydrogen-bond donors (Lipinski definition) is 0. The first kappa shape index (κ1) is 17.1. The quantitative estimate of drug-likeness (QED) is 0.608. The Hall–Kier alpha value is -1.35. The third-order valence-corrected chi connectivity index (χ3v) is 7.24. The zero-order valence-electron chi connectivity index (χ0n) is 15.6. The number of carbonyl (C=O) groups excluding carboxylic acids is 1. The maximum Gasteiger partial charge on any atom is 0.317 e. The van der Waals surface area contributed by atoms with Gasteiger partial charge in [0, 0.05) is 12.8 Å². The lowest BCUT2D eigenvalue weighted by Crippen LogP contribution is -2.63. The standard InChI is InChI=1S/C22H32NO2/c1-23-16-8-5-12-19(23)20(13-9-17-23)25-21(24)22(14-6-7-15-22)18-10-3-2-4-11-18/h2-4,10-11,19-20H,5-9,12-17H2,1H3/q+1/t19-,20+,23?/m1/s1. The van der Waals surface area contributed by atoms with Crippen molar-refractivity contribution in [3.63, 3.8) is 0 Å². The molecule has 3 heteroatoms. The summed E-state index contributed by atoms with van der Waals surface area (Å²) in [6.45, 7) is 2.51. The van der Waals surface area contributed by atoms with E-state index in [1.54, 1.807) is 0 Å². The first-order chi connectivity index (χ1) is 12.1. The summed E-state index contributed by atoms with van der Waals surface area (Å²) < 4.78 is 7.43. The van der Waals surface area contributed by atoms with Gasteiger partial charge in [0.15, 0.2) is 6.10 Å². The number of nitrogens with zero attached hydrogens (tertiary/aromatic N) is 1. The lowest BCUT2D eigenvalue weighted by Gasteiger charge is -2.50. The average molecular weight is 343 g/mol. The molecule has 2 heterocycles. The third kappa shape index (κ3) is 3.01. The molecular formula is C22H32NO2+. The Balaban J connectivity index is 1.56. The Morgan fingerprint density at radius 3 is 2.48 bits per heavy atom. The third-order valence-electron chi connectivity index (χ3n) is 7.24. The molecule has 1 aliphatic carbocycles. The van der Waals surface area contributed by atoms with Gasteiger partial charge >= 0.3 is 5.97 Å². The molecule has 2 aliphatic heterocycles. The number of esters is 1. The molecule has 1 aromatic rings. The largest absolute Gasteiger partial charge is 0.455 e. The molecule has 2 saturated heterocycles. The Kier molecular flexibility index (Phi) is 4.61. The predicted molar refractivity (Wildman–Crippen MR) is 99.3 cm³/mol. The minimum Gasteiger partial charge on any atom is -0.455 e. The summed E-state index contributed by atoms with van der Waals surface area (Å²) in [5, 5.41) is 0. The Morgan fingerprint density at radius 2 is 1.72 bits per heavy atom. The van der Waals surface area contributed by atoms with Crippen LogP contribution in [0.25, 0.3) is 0 Å². The molecule has 1 saturated carbocycles. The number of likely N-dealkylation sites (N-methyl/N-ethyl adjacent to an activating group) is 1. The van der Waals surface area contributed by atoms with Crippen molar-refractivity contribution in [1.29, 1.82) is 0 Å². The highest BCUT2D eigenvalue weighted by molar-refractivity contribution is 5.83. The van der Waals surface area contributed by atoms with Crippen LogP contribution in [0, 0.1) is 0 Å². The van der Waals surface area contributed by atoms with Gasteiger partial charge in [-0.25, -0.2) is 0 Å². The zero-order chi connectivity index (χ0) is 17.3. The second-order valence-corrected chi connectivity index (χ2v) is 8.73. The van der Waals surface area contributed by atoms with Gasteiger partial charge < -0.3 is 9.22 Å². The van der Waals surface area contributed by atoms with Gasteiger partial charge in [-0.1, -0.05) is 43.2 Å². The number of piperidine rings is 2. The van der Waals surface area contributed by atoms with Crippen molar-refractivity contribution in [2.24, 2.45) is 0 Å². The summed E-state index contributed by atoms with van der Waals surface area (Å²) in [5.41, 5.74) is 0.769. The van der Waals surface area contributed by atoms with Crippen LogP contribution in [-0.2, 0) is 14.9 Å². The number of ether oxygens (including phenoxy) is 1.